The van der Waals surface area contributed by atoms with Crippen LogP contribution in [0.1, 0.15) is 36.7 Å². The van der Waals surface area contributed by atoms with Crippen LogP contribution in [-0.4, -0.2) is 31.9 Å². The number of amides is 1. The quantitative estimate of drug-likeness (QED) is 0.564. The predicted octanol–water partition coefficient (Wildman–Crippen LogP) is 5.01. The molecule has 0 spiro atoms. The average Bonchev–Trinajstić information content (AvgIpc) is 3.05. The Morgan fingerprint density at radius 2 is 2.11 bits per heavy atom. The fraction of sp³-hybridized carbons (Fsp3) is 0.316. The second-order valence-corrected chi connectivity index (χ2v) is 7.55. The van der Waals surface area contributed by atoms with Gasteiger partial charge < -0.3 is 4.74 Å². The molecule has 1 atom stereocenters. The maximum Gasteiger partial charge on any atom is 0.410 e. The Balaban J connectivity index is 1.59. The number of carbonyl (C=O) groups excluding carboxylic acids is 1. The molecule has 0 unspecified atom stereocenters. The number of likely N-dealkylation sites (tertiary alicyclic amines) is 1. The summed E-state index contributed by atoms with van der Waals surface area (Å²) in [6.45, 7) is 0.897. The molecule has 27 heavy (non-hydrogen) atoms. The normalized spacial score (nSPS) is 17.3. The molecular weight excluding hydrogens is 432 g/mol. The first-order chi connectivity index (χ1) is 13.1. The number of hydrogen-bond acceptors (Lipinski definition) is 4. The van der Waals surface area contributed by atoms with E-state index >= 15 is 0 Å². The Morgan fingerprint density at radius 1 is 1.30 bits per heavy atom. The lowest BCUT2D eigenvalue weighted by Gasteiger charge is -2.34. The third kappa shape index (κ3) is 3.66. The highest BCUT2D eigenvalue weighted by Gasteiger charge is 2.33. The topological polar surface area (TPSA) is 59.7 Å². The molecule has 1 aliphatic rings. The summed E-state index contributed by atoms with van der Waals surface area (Å²) in [5.74, 6) is 0.762. The molecule has 1 aromatic carbocycles. The van der Waals surface area contributed by atoms with E-state index in [2.05, 4.69) is 25.9 Å². The molecule has 0 N–H and O–H groups in total. The summed E-state index contributed by atoms with van der Waals surface area (Å²) < 4.78 is 8.08. The fourth-order valence-electron chi connectivity index (χ4n) is 3.44. The number of halogens is 2. The van der Waals surface area contributed by atoms with Gasteiger partial charge in [-0.2, -0.15) is 0 Å². The second-order valence-electron chi connectivity index (χ2n) is 6.44. The number of aromatic nitrogens is 3. The van der Waals surface area contributed by atoms with E-state index in [4.69, 9.17) is 16.3 Å². The van der Waals surface area contributed by atoms with Crippen molar-refractivity contribution in [2.75, 3.05) is 6.54 Å². The molecular formula is C19H18BrClN4O2. The van der Waals surface area contributed by atoms with Crippen LogP contribution in [0.2, 0.25) is 5.15 Å². The molecule has 1 aliphatic heterocycles. The summed E-state index contributed by atoms with van der Waals surface area (Å²) in [5, 5.41) is 0.372. The molecule has 140 valence electrons. The van der Waals surface area contributed by atoms with Crippen molar-refractivity contribution in [2.24, 2.45) is 0 Å². The van der Waals surface area contributed by atoms with E-state index in [1.54, 1.807) is 11.1 Å². The molecule has 0 radical (unpaired) electrons. The zero-order valence-electron chi connectivity index (χ0n) is 14.5. The Morgan fingerprint density at radius 3 is 2.93 bits per heavy atom. The van der Waals surface area contributed by atoms with E-state index in [-0.39, 0.29) is 18.7 Å². The molecule has 4 rings (SSSR count). The van der Waals surface area contributed by atoms with Crippen molar-refractivity contribution in [1.29, 1.82) is 0 Å². The third-order valence-electron chi connectivity index (χ3n) is 4.74. The summed E-state index contributed by atoms with van der Waals surface area (Å²) in [6.07, 6.45) is 5.93. The van der Waals surface area contributed by atoms with Crippen molar-refractivity contribution in [3.8, 4) is 0 Å². The van der Waals surface area contributed by atoms with Crippen LogP contribution in [0.15, 0.2) is 47.3 Å². The zero-order valence-corrected chi connectivity index (χ0v) is 16.9. The van der Waals surface area contributed by atoms with Crippen LogP contribution in [0, 0.1) is 0 Å². The van der Waals surface area contributed by atoms with Crippen LogP contribution in [0.3, 0.4) is 0 Å². The third-order valence-corrected chi connectivity index (χ3v) is 5.56. The summed E-state index contributed by atoms with van der Waals surface area (Å²) in [5.41, 5.74) is 1.67. The molecule has 3 aromatic rings. The maximum atomic E-state index is 12.8. The number of hydrogen-bond donors (Lipinski definition) is 0. The van der Waals surface area contributed by atoms with Gasteiger partial charge >= 0.3 is 6.09 Å². The summed E-state index contributed by atoms with van der Waals surface area (Å²) >= 11 is 9.69. The number of rotatable bonds is 3. The highest BCUT2D eigenvalue weighted by atomic mass is 79.9. The zero-order chi connectivity index (χ0) is 18.8. The van der Waals surface area contributed by atoms with Gasteiger partial charge in [0.25, 0.3) is 0 Å². The minimum absolute atomic E-state index is 0.167. The van der Waals surface area contributed by atoms with Crippen LogP contribution in [-0.2, 0) is 11.3 Å². The van der Waals surface area contributed by atoms with Crippen molar-refractivity contribution in [1.82, 2.24) is 19.3 Å². The van der Waals surface area contributed by atoms with Crippen molar-refractivity contribution in [2.45, 2.75) is 31.9 Å². The number of piperidine rings is 1. The van der Waals surface area contributed by atoms with Crippen LogP contribution >= 0.6 is 27.5 Å². The van der Waals surface area contributed by atoms with Gasteiger partial charge in [0, 0.05) is 18.9 Å². The van der Waals surface area contributed by atoms with E-state index in [1.165, 1.54) is 0 Å². The Labute approximate surface area is 170 Å². The van der Waals surface area contributed by atoms with Gasteiger partial charge in [0.15, 0.2) is 5.15 Å². The van der Waals surface area contributed by atoms with Crippen LogP contribution in [0.25, 0.3) is 5.52 Å². The number of imidazole rings is 1. The Hall–Kier alpha value is -2.12. The molecule has 6 nitrogen and oxygen atoms in total. The first kappa shape index (κ1) is 18.3. The average molecular weight is 450 g/mol. The van der Waals surface area contributed by atoms with Crippen LogP contribution in [0.4, 0.5) is 4.79 Å². The fourth-order valence-corrected chi connectivity index (χ4v) is 4.35. The first-order valence-electron chi connectivity index (χ1n) is 8.80. The van der Waals surface area contributed by atoms with Crippen molar-refractivity contribution < 1.29 is 9.53 Å². The lowest BCUT2D eigenvalue weighted by Crippen LogP contribution is -2.39. The maximum absolute atomic E-state index is 12.8. The summed E-state index contributed by atoms with van der Waals surface area (Å²) in [4.78, 5) is 23.3. The SMILES string of the molecule is O=C(OCc1ccccc1)N1CCCC[C@H]1c1nc(Br)c2c(Cl)nccn12. The van der Waals surface area contributed by atoms with Gasteiger partial charge in [-0.1, -0.05) is 41.9 Å². The van der Waals surface area contributed by atoms with Crippen molar-refractivity contribution >= 4 is 39.1 Å². The molecule has 0 aliphatic carbocycles. The van der Waals surface area contributed by atoms with E-state index in [9.17, 15) is 4.79 Å². The van der Waals surface area contributed by atoms with Crippen molar-refractivity contribution in [3.63, 3.8) is 0 Å². The number of fused-ring (bicyclic) bond motifs is 1. The number of carbonyl (C=O) groups is 1. The Bertz CT molecular complexity index is 963. The highest BCUT2D eigenvalue weighted by Crippen LogP contribution is 2.34. The molecule has 0 saturated carbocycles. The molecule has 1 fully saturated rings. The lowest BCUT2D eigenvalue weighted by atomic mass is 10.0. The smallest absolute Gasteiger partial charge is 0.410 e. The van der Waals surface area contributed by atoms with E-state index < -0.39 is 0 Å². The van der Waals surface area contributed by atoms with E-state index in [0.717, 1.165) is 30.7 Å². The molecule has 8 heteroatoms. The van der Waals surface area contributed by atoms with Crippen LogP contribution < -0.4 is 0 Å². The van der Waals surface area contributed by atoms with E-state index in [0.29, 0.717) is 21.8 Å². The monoisotopic (exact) mass is 448 g/mol. The van der Waals surface area contributed by atoms with Crippen molar-refractivity contribution in [3.05, 3.63) is 63.9 Å². The molecule has 0 bridgehead atoms. The first-order valence-corrected chi connectivity index (χ1v) is 9.97. The van der Waals surface area contributed by atoms with Gasteiger partial charge in [0.05, 0.1) is 6.04 Å². The van der Waals surface area contributed by atoms with Gasteiger partial charge in [0.2, 0.25) is 0 Å². The second kappa shape index (κ2) is 7.86. The Kier molecular flexibility index (Phi) is 5.31. The largest absolute Gasteiger partial charge is 0.445 e. The van der Waals surface area contributed by atoms with Gasteiger partial charge in [-0.25, -0.2) is 14.8 Å². The number of nitrogens with zero attached hydrogens (tertiary/aromatic N) is 4. The standard InChI is InChI=1S/C19H18BrClN4O2/c20-16-15-17(21)22-9-11-25(15)18(23-16)14-8-4-5-10-24(14)19(26)27-12-13-6-2-1-3-7-13/h1-3,6-7,9,11,14H,4-5,8,10,12H2/t14-/m0/s1. The highest BCUT2D eigenvalue weighted by molar-refractivity contribution is 9.10. The lowest BCUT2D eigenvalue weighted by molar-refractivity contribution is 0.0657. The van der Waals surface area contributed by atoms with Gasteiger partial charge in [-0.15, -0.1) is 0 Å². The minimum Gasteiger partial charge on any atom is -0.445 e. The summed E-state index contributed by atoms with van der Waals surface area (Å²) in [7, 11) is 0. The van der Waals surface area contributed by atoms with E-state index in [1.807, 2.05) is 40.9 Å². The van der Waals surface area contributed by atoms with Gasteiger partial charge in [-0.05, 0) is 40.8 Å². The number of benzene rings is 1. The van der Waals surface area contributed by atoms with Crippen LogP contribution in [0.5, 0.6) is 0 Å². The van der Waals surface area contributed by atoms with Gasteiger partial charge in [-0.3, -0.25) is 9.30 Å². The molecule has 3 heterocycles. The molecule has 1 saturated heterocycles. The van der Waals surface area contributed by atoms with Gasteiger partial charge in [0.1, 0.15) is 22.6 Å². The summed E-state index contributed by atoms with van der Waals surface area (Å²) in [6, 6.07) is 9.51. The predicted molar refractivity (Wildman–Crippen MR) is 106 cm³/mol. The molecule has 2 aromatic heterocycles. The minimum atomic E-state index is -0.323. The molecule has 1 amide bonds. The number of ether oxygens (including phenoxy) is 1.